The molecule has 1 saturated carbocycles. The maximum Gasteiger partial charge on any atom is 0.490 e. The zero-order chi connectivity index (χ0) is 32.8. The molecule has 1 aromatic heterocycles. The Labute approximate surface area is 268 Å². The van der Waals surface area contributed by atoms with E-state index < -0.39 is 12.1 Å². The Morgan fingerprint density at radius 2 is 1.67 bits per heavy atom. The number of aliphatic carboxylic acids is 1. The van der Waals surface area contributed by atoms with Crippen molar-refractivity contribution < 1.29 is 37.3 Å². The van der Waals surface area contributed by atoms with Gasteiger partial charge in [-0.1, -0.05) is 59.6 Å². The number of anilines is 1. The summed E-state index contributed by atoms with van der Waals surface area (Å²) < 4.78 is 42.9. The summed E-state index contributed by atoms with van der Waals surface area (Å²) in [4.78, 5) is 28.3. The van der Waals surface area contributed by atoms with Gasteiger partial charge in [0, 0.05) is 29.7 Å². The van der Waals surface area contributed by atoms with Crippen molar-refractivity contribution in [3.05, 3.63) is 82.1 Å². The van der Waals surface area contributed by atoms with Crippen LogP contribution in [0.1, 0.15) is 36.8 Å². The van der Waals surface area contributed by atoms with Gasteiger partial charge in [0.1, 0.15) is 10.3 Å². The lowest BCUT2D eigenvalue weighted by molar-refractivity contribution is -0.192. The number of halogens is 5. The topological polar surface area (TPSA) is 113 Å². The number of hydrogen-bond acceptors (Lipinski definition) is 6. The minimum Gasteiger partial charge on any atom is -0.493 e. The number of carbonyl (C=O) groups excluding carboxylic acids is 1. The lowest BCUT2D eigenvalue weighted by Gasteiger charge is -2.45. The molecule has 2 aliphatic rings. The van der Waals surface area contributed by atoms with Gasteiger partial charge in [-0.3, -0.25) is 4.90 Å². The number of pyridine rings is 1. The molecule has 1 aliphatic carbocycles. The molecule has 2 heterocycles. The summed E-state index contributed by atoms with van der Waals surface area (Å²) in [6.07, 6.45) is -1.37. The first kappa shape index (κ1) is 34.1. The van der Waals surface area contributed by atoms with Gasteiger partial charge < -0.3 is 25.2 Å². The van der Waals surface area contributed by atoms with Crippen LogP contribution in [0.4, 0.5) is 23.7 Å². The number of methoxy groups -OCH3 is 2. The van der Waals surface area contributed by atoms with Gasteiger partial charge in [-0.05, 0) is 67.6 Å². The molecule has 0 spiro atoms. The van der Waals surface area contributed by atoms with Gasteiger partial charge in [0.25, 0.3) is 0 Å². The fourth-order valence-electron chi connectivity index (χ4n) is 6.16. The number of nitrogens with one attached hydrogen (secondary N) is 2. The molecule has 0 unspecified atom stereocenters. The number of carbonyl (C=O) groups is 2. The van der Waals surface area contributed by atoms with Crippen molar-refractivity contribution in [3.8, 4) is 11.5 Å². The number of carboxylic acid groups (broad SMARTS) is 1. The van der Waals surface area contributed by atoms with Crippen molar-refractivity contribution in [1.29, 1.82) is 0 Å². The van der Waals surface area contributed by atoms with Crippen molar-refractivity contribution in [2.45, 2.75) is 55.9 Å². The van der Waals surface area contributed by atoms with E-state index in [1.807, 2.05) is 12.1 Å². The maximum absolute atomic E-state index is 12.9. The van der Waals surface area contributed by atoms with E-state index in [1.54, 1.807) is 26.4 Å². The van der Waals surface area contributed by atoms with Crippen LogP contribution in [-0.2, 0) is 16.8 Å². The molecule has 45 heavy (non-hydrogen) atoms. The van der Waals surface area contributed by atoms with Gasteiger partial charge in [0.2, 0.25) is 0 Å². The lowest BCUT2D eigenvalue weighted by atomic mass is 9.65. The average Bonchev–Trinajstić information content (AvgIpc) is 3.35. The zero-order valence-corrected chi connectivity index (χ0v) is 26.0. The molecular formula is C31H33Cl2F3N4O5. The second-order valence-corrected chi connectivity index (χ2v) is 11.6. The van der Waals surface area contributed by atoms with Crippen LogP contribution in [0.5, 0.6) is 11.5 Å². The Morgan fingerprint density at radius 3 is 2.27 bits per heavy atom. The molecule has 1 aliphatic heterocycles. The van der Waals surface area contributed by atoms with E-state index >= 15 is 0 Å². The standard InChI is InChI=1S/C29H32Cl2N4O3.C2HF3O2/c1-37-23-9-8-20(14-24(23)38-2)29-11-10-21(32-28(36)33-22-16-26(30)34-27(31)17-22)15-25(29)35(13-12-29)18-19-6-4-3-5-7-19;3-2(4,5)1(6)7/h3-9,14,16-17,21,25H,10-13,15,18H2,1-2H3,(H2,32,33,34,36);(H,6,7)/t21-,25+,29+;/m1./s1. The molecule has 5 rings (SSSR count). The summed E-state index contributed by atoms with van der Waals surface area (Å²) >= 11 is 12.0. The molecule has 0 radical (unpaired) electrons. The number of hydrogen-bond donors (Lipinski definition) is 3. The molecule has 242 valence electrons. The largest absolute Gasteiger partial charge is 0.493 e. The number of amides is 2. The van der Waals surface area contributed by atoms with Crippen LogP contribution in [0.2, 0.25) is 10.3 Å². The van der Waals surface area contributed by atoms with Gasteiger partial charge >= 0.3 is 18.2 Å². The lowest BCUT2D eigenvalue weighted by Crippen LogP contribution is -2.52. The van der Waals surface area contributed by atoms with Crippen LogP contribution in [0, 0.1) is 0 Å². The molecule has 2 aromatic carbocycles. The number of nitrogens with zero attached hydrogens (tertiary/aromatic N) is 2. The molecule has 1 saturated heterocycles. The maximum atomic E-state index is 12.9. The number of aromatic nitrogens is 1. The summed E-state index contributed by atoms with van der Waals surface area (Å²) in [7, 11) is 3.33. The van der Waals surface area contributed by atoms with E-state index in [0.717, 1.165) is 50.3 Å². The number of ether oxygens (including phenoxy) is 2. The quantitative estimate of drug-likeness (QED) is 0.234. The number of alkyl halides is 3. The number of rotatable bonds is 7. The van der Waals surface area contributed by atoms with Crippen molar-refractivity contribution in [3.63, 3.8) is 0 Å². The van der Waals surface area contributed by atoms with Gasteiger partial charge in [0.05, 0.1) is 14.2 Å². The van der Waals surface area contributed by atoms with Crippen LogP contribution in [0.15, 0.2) is 60.7 Å². The Balaban J connectivity index is 0.000000591. The minimum absolute atomic E-state index is 0.0254. The Kier molecular flexibility index (Phi) is 11.1. The molecule has 14 heteroatoms. The highest BCUT2D eigenvalue weighted by atomic mass is 35.5. The average molecular weight is 670 g/mol. The molecule has 3 aromatic rings. The predicted molar refractivity (Wildman–Crippen MR) is 164 cm³/mol. The summed E-state index contributed by atoms with van der Waals surface area (Å²) in [5.41, 5.74) is 3.03. The molecule has 2 amide bonds. The van der Waals surface area contributed by atoms with Gasteiger partial charge in [-0.15, -0.1) is 0 Å². The fourth-order valence-corrected chi connectivity index (χ4v) is 6.62. The van der Waals surface area contributed by atoms with Crippen LogP contribution >= 0.6 is 23.2 Å². The zero-order valence-electron chi connectivity index (χ0n) is 24.5. The first-order valence-corrected chi connectivity index (χ1v) is 14.8. The number of carboxylic acids is 1. The predicted octanol–water partition coefficient (Wildman–Crippen LogP) is 6.93. The third-order valence-corrected chi connectivity index (χ3v) is 8.54. The van der Waals surface area contributed by atoms with Crippen LogP contribution < -0.4 is 20.1 Å². The van der Waals surface area contributed by atoms with Crippen LogP contribution in [0.25, 0.3) is 0 Å². The van der Waals surface area contributed by atoms with Crippen molar-refractivity contribution >= 4 is 40.9 Å². The molecule has 2 fully saturated rings. The van der Waals surface area contributed by atoms with Crippen molar-refractivity contribution in [2.24, 2.45) is 0 Å². The number of benzene rings is 2. The molecule has 3 atom stereocenters. The molecule has 3 N–H and O–H groups in total. The molecular weight excluding hydrogens is 636 g/mol. The Hall–Kier alpha value is -3.74. The Morgan fingerprint density at radius 1 is 1.02 bits per heavy atom. The smallest absolute Gasteiger partial charge is 0.490 e. The first-order chi connectivity index (χ1) is 21.3. The van der Waals surface area contributed by atoms with Crippen LogP contribution in [-0.4, -0.2) is 66.0 Å². The fraction of sp³-hybridized carbons (Fsp3) is 0.387. The second kappa shape index (κ2) is 14.6. The molecule has 0 bridgehead atoms. The van der Waals surface area contributed by atoms with E-state index in [1.165, 1.54) is 11.1 Å². The monoisotopic (exact) mass is 668 g/mol. The van der Waals surface area contributed by atoms with E-state index in [2.05, 4.69) is 56.9 Å². The number of fused-ring (bicyclic) bond motifs is 1. The van der Waals surface area contributed by atoms with E-state index in [4.69, 9.17) is 42.6 Å². The first-order valence-electron chi connectivity index (χ1n) is 14.1. The minimum atomic E-state index is -5.08. The van der Waals surface area contributed by atoms with Crippen molar-refractivity contribution in [1.82, 2.24) is 15.2 Å². The third kappa shape index (κ3) is 8.50. The highest BCUT2D eigenvalue weighted by Gasteiger charge is 2.51. The van der Waals surface area contributed by atoms with Crippen molar-refractivity contribution in [2.75, 3.05) is 26.1 Å². The van der Waals surface area contributed by atoms with Gasteiger partial charge in [-0.2, -0.15) is 13.2 Å². The number of likely N-dealkylation sites (tertiary alicyclic amines) is 1. The number of urea groups is 1. The normalized spacial score (nSPS) is 21.1. The third-order valence-electron chi connectivity index (χ3n) is 8.16. The van der Waals surface area contributed by atoms with Crippen LogP contribution in [0.3, 0.4) is 0 Å². The van der Waals surface area contributed by atoms with E-state index in [0.29, 0.717) is 5.69 Å². The summed E-state index contributed by atoms with van der Waals surface area (Å²) in [6.45, 7) is 1.86. The molecule has 9 nitrogen and oxygen atoms in total. The highest BCUT2D eigenvalue weighted by Crippen LogP contribution is 2.50. The van der Waals surface area contributed by atoms with E-state index in [9.17, 15) is 18.0 Å². The summed E-state index contributed by atoms with van der Waals surface area (Å²) in [5.74, 6) is -1.28. The van der Waals surface area contributed by atoms with E-state index in [-0.39, 0.29) is 33.8 Å². The van der Waals surface area contributed by atoms with Gasteiger partial charge in [0.15, 0.2) is 11.5 Å². The highest BCUT2D eigenvalue weighted by molar-refractivity contribution is 6.33. The summed E-state index contributed by atoms with van der Waals surface area (Å²) in [6, 6.07) is 20.0. The Bertz CT molecular complexity index is 1480. The SMILES string of the molecule is COc1ccc([C@@]23CC[C@@H](NC(=O)Nc4cc(Cl)nc(Cl)c4)C[C@@H]2N(Cc2ccccc2)CC3)cc1OC.O=C(O)C(F)(F)F. The van der Waals surface area contributed by atoms with Gasteiger partial charge in [-0.25, -0.2) is 14.6 Å². The summed E-state index contributed by atoms with van der Waals surface area (Å²) in [5, 5.41) is 13.6. The second-order valence-electron chi connectivity index (χ2n) is 10.8.